The van der Waals surface area contributed by atoms with Crippen molar-refractivity contribution in [1.29, 1.82) is 0 Å². The summed E-state index contributed by atoms with van der Waals surface area (Å²) in [6, 6.07) is 3.11. The van der Waals surface area contributed by atoms with Crippen molar-refractivity contribution >= 4 is 45.6 Å². The quantitative estimate of drug-likeness (QED) is 0.541. The van der Waals surface area contributed by atoms with Gasteiger partial charge in [-0.25, -0.2) is 9.37 Å². The lowest BCUT2D eigenvalue weighted by Gasteiger charge is -2.17. The molecular weight excluding hydrogens is 473 g/mol. The van der Waals surface area contributed by atoms with Gasteiger partial charge in [0.25, 0.3) is 11.1 Å². The number of ether oxygens (including phenoxy) is 2. The average molecular weight is 493 g/mol. The summed E-state index contributed by atoms with van der Waals surface area (Å²) < 4.78 is 46.8. The lowest BCUT2D eigenvalue weighted by Crippen LogP contribution is -2.28. The number of fused-ring (bicyclic) bond motifs is 2. The maximum atomic E-state index is 15.3. The zero-order valence-electron chi connectivity index (χ0n) is 20.2. The Morgan fingerprint density at radius 2 is 2.15 bits per heavy atom. The van der Waals surface area contributed by atoms with Crippen molar-refractivity contribution in [2.45, 2.75) is 18.3 Å². The van der Waals surface area contributed by atoms with Gasteiger partial charge in [0.05, 0.1) is 35.4 Å². The predicted octanol–water partition coefficient (Wildman–Crippen LogP) is 3.67. The molecule has 1 N–H and O–H groups in total. The van der Waals surface area contributed by atoms with Crippen LogP contribution in [0.3, 0.4) is 0 Å². The SMILES string of the molecule is [2H]C([2H])([2H])Oc1nnc(NC(=O)c2cc3c(cc2-c2c(OC)cnc(Cl)c2F)C2(CC2)C(=O)N3C)s1. The second-order valence-electron chi connectivity index (χ2n) is 7.60. The number of likely N-dealkylation sites (N-methyl/N-ethyl adjacent to an activating group) is 1. The Labute approximate surface area is 200 Å². The topological polar surface area (TPSA) is 107 Å². The van der Waals surface area contributed by atoms with Gasteiger partial charge in [-0.05, 0) is 41.9 Å². The van der Waals surface area contributed by atoms with Crippen molar-refractivity contribution < 1.29 is 27.6 Å². The van der Waals surface area contributed by atoms with Crippen LogP contribution in [0.5, 0.6) is 10.9 Å². The summed E-state index contributed by atoms with van der Waals surface area (Å²) in [5, 5.41) is 9.13. The van der Waals surface area contributed by atoms with Gasteiger partial charge in [0, 0.05) is 23.9 Å². The van der Waals surface area contributed by atoms with Crippen LogP contribution in [0.25, 0.3) is 11.1 Å². The van der Waals surface area contributed by atoms with Gasteiger partial charge in [0.1, 0.15) is 5.75 Å². The first kappa shape index (κ1) is 18.2. The zero-order valence-corrected chi connectivity index (χ0v) is 18.8. The first-order chi connectivity index (χ1) is 16.9. The standard InChI is InChI=1S/C21H17ClFN5O4S/c1-28-12-7-10(17(29)25-19-26-27-20(32-3)33-19)9(6-11(12)21(4-5-21)18(28)30)14-13(31-2)8-24-16(22)15(14)23/h6-8H,4-5H2,1-3H3,(H,25,26,29)/i3D3. The van der Waals surface area contributed by atoms with Crippen molar-refractivity contribution in [2.24, 2.45) is 0 Å². The molecule has 0 radical (unpaired) electrons. The molecule has 2 amide bonds. The van der Waals surface area contributed by atoms with Crippen molar-refractivity contribution in [1.82, 2.24) is 15.2 Å². The number of anilines is 2. The minimum Gasteiger partial charge on any atom is -0.494 e. The number of methoxy groups -OCH3 is 2. The van der Waals surface area contributed by atoms with Crippen molar-refractivity contribution in [3.63, 3.8) is 0 Å². The summed E-state index contributed by atoms with van der Waals surface area (Å²) in [4.78, 5) is 31.6. The van der Waals surface area contributed by atoms with Crippen LogP contribution in [0, 0.1) is 5.82 Å². The van der Waals surface area contributed by atoms with Gasteiger partial charge in [0.15, 0.2) is 11.0 Å². The highest BCUT2D eigenvalue weighted by Gasteiger charge is 2.58. The van der Waals surface area contributed by atoms with Crippen molar-refractivity contribution in [2.75, 3.05) is 31.4 Å². The van der Waals surface area contributed by atoms with Gasteiger partial charge in [-0.2, -0.15) is 0 Å². The van der Waals surface area contributed by atoms with Crippen LogP contribution >= 0.6 is 22.9 Å². The molecule has 0 atom stereocenters. The molecule has 33 heavy (non-hydrogen) atoms. The van der Waals surface area contributed by atoms with E-state index in [-0.39, 0.29) is 38.7 Å². The van der Waals surface area contributed by atoms with Crippen LogP contribution < -0.4 is 19.7 Å². The third kappa shape index (κ3) is 3.22. The molecule has 1 aliphatic heterocycles. The fourth-order valence-electron chi connectivity index (χ4n) is 4.12. The van der Waals surface area contributed by atoms with E-state index >= 15 is 4.39 Å². The molecule has 5 rings (SSSR count). The van der Waals surface area contributed by atoms with E-state index in [1.165, 1.54) is 24.3 Å². The van der Waals surface area contributed by atoms with Gasteiger partial charge < -0.3 is 14.4 Å². The molecule has 1 fully saturated rings. The third-order valence-electron chi connectivity index (χ3n) is 5.87. The van der Waals surface area contributed by atoms with E-state index < -0.39 is 29.3 Å². The van der Waals surface area contributed by atoms with Gasteiger partial charge in [-0.15, -0.1) is 5.10 Å². The molecule has 3 aromatic rings. The molecule has 12 heteroatoms. The summed E-state index contributed by atoms with van der Waals surface area (Å²) in [6.07, 6.45) is 2.52. The molecule has 0 bridgehead atoms. The van der Waals surface area contributed by atoms with Crippen LogP contribution in [0.4, 0.5) is 15.2 Å². The third-order valence-corrected chi connectivity index (χ3v) is 6.85. The Hall–Kier alpha value is -3.31. The highest BCUT2D eigenvalue weighted by Crippen LogP contribution is 2.58. The number of rotatable bonds is 5. The van der Waals surface area contributed by atoms with Gasteiger partial charge >= 0.3 is 0 Å². The Kier molecular flexibility index (Phi) is 4.20. The fraction of sp³-hybridized carbons (Fsp3) is 0.286. The number of pyridine rings is 1. The van der Waals surface area contributed by atoms with E-state index in [1.807, 2.05) is 0 Å². The first-order valence-electron chi connectivity index (χ1n) is 11.1. The van der Waals surface area contributed by atoms with E-state index in [0.717, 1.165) is 0 Å². The number of carbonyl (C=O) groups is 2. The Bertz CT molecular complexity index is 1430. The number of benzene rings is 1. The minimum absolute atomic E-state index is 0.000874. The summed E-state index contributed by atoms with van der Waals surface area (Å²) in [7, 11) is 0.205. The van der Waals surface area contributed by atoms with Gasteiger partial charge in [0.2, 0.25) is 11.0 Å². The van der Waals surface area contributed by atoms with Gasteiger partial charge in [-0.3, -0.25) is 14.9 Å². The maximum absolute atomic E-state index is 15.3. The van der Waals surface area contributed by atoms with E-state index in [1.54, 1.807) is 13.1 Å². The molecule has 1 saturated carbocycles. The molecule has 2 aromatic heterocycles. The van der Waals surface area contributed by atoms with E-state index in [0.29, 0.717) is 35.4 Å². The first-order valence-corrected chi connectivity index (χ1v) is 10.8. The molecule has 9 nitrogen and oxygen atoms in total. The molecule has 0 saturated heterocycles. The fourth-order valence-corrected chi connectivity index (χ4v) is 4.77. The number of nitrogens with one attached hydrogen (secondary N) is 1. The second-order valence-corrected chi connectivity index (χ2v) is 8.89. The molecule has 1 spiro atoms. The molecule has 1 aliphatic carbocycles. The lowest BCUT2D eigenvalue weighted by molar-refractivity contribution is -0.119. The number of hydrogen-bond donors (Lipinski definition) is 1. The monoisotopic (exact) mass is 492 g/mol. The lowest BCUT2D eigenvalue weighted by atomic mass is 9.90. The number of halogens is 2. The van der Waals surface area contributed by atoms with Crippen LogP contribution in [-0.4, -0.2) is 48.2 Å². The molecule has 3 heterocycles. The van der Waals surface area contributed by atoms with Crippen LogP contribution in [0.2, 0.25) is 5.15 Å². The number of amides is 2. The summed E-state index contributed by atoms with van der Waals surface area (Å²) in [6.45, 7) is 0. The van der Waals surface area contributed by atoms with Crippen molar-refractivity contribution in [3.05, 3.63) is 40.4 Å². The number of nitrogens with zero attached hydrogens (tertiary/aromatic N) is 4. The van der Waals surface area contributed by atoms with Crippen LogP contribution in [0.1, 0.15) is 32.9 Å². The minimum atomic E-state index is -2.74. The highest BCUT2D eigenvalue weighted by atomic mass is 35.5. The van der Waals surface area contributed by atoms with Crippen LogP contribution in [0.15, 0.2) is 18.3 Å². The maximum Gasteiger partial charge on any atom is 0.295 e. The molecule has 0 unspecified atom stereocenters. The summed E-state index contributed by atoms with van der Waals surface area (Å²) >= 11 is 6.66. The molecule has 170 valence electrons. The summed E-state index contributed by atoms with van der Waals surface area (Å²) in [5.41, 5.74) is 0.554. The number of hydrogen-bond acceptors (Lipinski definition) is 8. The molecule has 1 aromatic carbocycles. The van der Waals surface area contributed by atoms with E-state index in [4.69, 9.17) is 25.2 Å². The molecule has 2 aliphatic rings. The van der Waals surface area contributed by atoms with E-state index in [9.17, 15) is 9.59 Å². The average Bonchev–Trinajstić information content (AvgIpc) is 3.48. The smallest absolute Gasteiger partial charge is 0.295 e. The number of aromatic nitrogens is 3. The Balaban J connectivity index is 1.63. The second kappa shape index (κ2) is 7.63. The predicted molar refractivity (Wildman–Crippen MR) is 120 cm³/mol. The Morgan fingerprint density at radius 1 is 1.36 bits per heavy atom. The van der Waals surface area contributed by atoms with Gasteiger partial charge in [-0.1, -0.05) is 16.7 Å². The normalized spacial score (nSPS) is 17.3. The number of carbonyl (C=O) groups excluding carboxylic acids is 2. The van der Waals surface area contributed by atoms with E-state index in [2.05, 4.69) is 20.5 Å². The van der Waals surface area contributed by atoms with Crippen molar-refractivity contribution in [3.8, 4) is 22.1 Å². The zero-order chi connectivity index (χ0) is 26.0. The molecular formula is C21H17ClFN5O4S. The largest absolute Gasteiger partial charge is 0.494 e. The summed E-state index contributed by atoms with van der Waals surface area (Å²) in [5.74, 6) is -1.66. The Morgan fingerprint density at radius 3 is 2.85 bits per heavy atom. The van der Waals surface area contributed by atoms with Crippen LogP contribution in [-0.2, 0) is 10.2 Å². The highest BCUT2D eigenvalue weighted by molar-refractivity contribution is 7.17.